The zero-order chi connectivity index (χ0) is 23.2. The molecule has 2 saturated heterocycles. The molecular weight excluding hydrogens is 412 g/mol. The van der Waals surface area contributed by atoms with E-state index in [1.54, 1.807) is 0 Å². The van der Waals surface area contributed by atoms with E-state index in [0.29, 0.717) is 13.0 Å². The summed E-state index contributed by atoms with van der Waals surface area (Å²) in [6, 6.07) is 17.1. The van der Waals surface area contributed by atoms with Crippen molar-refractivity contribution in [2.24, 2.45) is 0 Å². The lowest BCUT2D eigenvalue weighted by Crippen LogP contribution is -2.48. The molecule has 2 heterocycles. The molecule has 0 bridgehead atoms. The van der Waals surface area contributed by atoms with Crippen molar-refractivity contribution in [3.8, 4) is 0 Å². The third-order valence-electron chi connectivity index (χ3n) is 6.90. The monoisotopic (exact) mass is 448 g/mol. The highest BCUT2D eigenvalue weighted by Crippen LogP contribution is 2.21. The number of rotatable bonds is 8. The summed E-state index contributed by atoms with van der Waals surface area (Å²) in [6.07, 6.45) is 2.38. The first-order valence-corrected chi connectivity index (χ1v) is 12.1. The Labute approximate surface area is 197 Å². The van der Waals surface area contributed by atoms with E-state index in [1.807, 2.05) is 4.90 Å². The number of hydrogen-bond acceptors (Lipinski definition) is 3. The first kappa shape index (κ1) is 23.3. The number of urea groups is 1. The molecule has 2 aliphatic heterocycles. The number of carbonyl (C=O) groups excluding carboxylic acids is 2. The van der Waals surface area contributed by atoms with E-state index in [9.17, 15) is 9.59 Å². The van der Waals surface area contributed by atoms with Crippen molar-refractivity contribution in [1.82, 2.24) is 20.0 Å². The summed E-state index contributed by atoms with van der Waals surface area (Å²) >= 11 is 0. The molecule has 6 nitrogen and oxygen atoms in total. The number of hydrogen-bond donors (Lipinski definition) is 1. The molecule has 176 valence electrons. The van der Waals surface area contributed by atoms with Crippen LogP contribution in [0.3, 0.4) is 0 Å². The van der Waals surface area contributed by atoms with Crippen LogP contribution < -0.4 is 5.32 Å². The van der Waals surface area contributed by atoms with Gasteiger partial charge >= 0.3 is 6.03 Å². The lowest BCUT2D eigenvalue weighted by Gasteiger charge is -2.39. The average Bonchev–Trinajstić information content (AvgIpc) is 3.24. The maximum Gasteiger partial charge on any atom is 0.317 e. The molecule has 4 rings (SSSR count). The van der Waals surface area contributed by atoms with Gasteiger partial charge in [-0.1, -0.05) is 59.7 Å². The van der Waals surface area contributed by atoms with Gasteiger partial charge in [0.05, 0.1) is 6.42 Å². The highest BCUT2D eigenvalue weighted by atomic mass is 16.2. The Bertz CT molecular complexity index is 934. The molecule has 33 heavy (non-hydrogen) atoms. The van der Waals surface area contributed by atoms with Crippen LogP contribution >= 0.6 is 0 Å². The highest BCUT2D eigenvalue weighted by Gasteiger charge is 2.29. The van der Waals surface area contributed by atoms with Crippen molar-refractivity contribution >= 4 is 11.9 Å². The summed E-state index contributed by atoms with van der Waals surface area (Å²) in [6.45, 7) is 9.95. The van der Waals surface area contributed by atoms with Crippen LogP contribution in [0, 0.1) is 13.8 Å². The van der Waals surface area contributed by atoms with Crippen LogP contribution in [0.25, 0.3) is 0 Å². The van der Waals surface area contributed by atoms with Crippen molar-refractivity contribution in [2.45, 2.75) is 45.7 Å². The summed E-state index contributed by atoms with van der Waals surface area (Å²) < 4.78 is 0. The predicted molar refractivity (Wildman–Crippen MR) is 131 cm³/mol. The molecule has 0 radical (unpaired) electrons. The van der Waals surface area contributed by atoms with Gasteiger partial charge in [0.15, 0.2) is 0 Å². The summed E-state index contributed by atoms with van der Waals surface area (Å²) in [5, 5.41) is 2.87. The molecule has 0 aromatic heterocycles. The molecule has 2 aliphatic rings. The molecule has 0 unspecified atom stereocenters. The molecule has 6 heteroatoms. The van der Waals surface area contributed by atoms with Gasteiger partial charge in [0, 0.05) is 51.9 Å². The van der Waals surface area contributed by atoms with Crippen LogP contribution in [0.5, 0.6) is 0 Å². The SMILES string of the molecule is Cc1ccc(CC(=O)N(Cc2ccc(C)cc2)C2CCN(CCN3CCNC3=O)CC2)cc1. The standard InChI is InChI=1S/C27H36N4O2/c1-21-3-7-23(8-4-21)19-26(32)31(20-24-9-5-22(2)6-10-24)25-11-14-29(15-12-25)17-18-30-16-13-28-27(30)33/h3-10,25H,11-20H2,1-2H3,(H,28,33). The van der Waals surface area contributed by atoms with Crippen LogP contribution in [0.4, 0.5) is 4.79 Å². The minimum absolute atomic E-state index is 0.0517. The van der Waals surface area contributed by atoms with Crippen molar-refractivity contribution in [2.75, 3.05) is 39.3 Å². The summed E-state index contributed by atoms with van der Waals surface area (Å²) in [5.41, 5.74) is 4.69. The number of piperidine rings is 1. The molecule has 0 atom stereocenters. The highest BCUT2D eigenvalue weighted by molar-refractivity contribution is 5.79. The molecule has 2 fully saturated rings. The largest absolute Gasteiger partial charge is 0.336 e. The number of likely N-dealkylation sites (tertiary alicyclic amines) is 1. The Morgan fingerprint density at radius 3 is 2.09 bits per heavy atom. The second-order valence-electron chi connectivity index (χ2n) is 9.46. The van der Waals surface area contributed by atoms with Gasteiger partial charge in [-0.25, -0.2) is 4.79 Å². The van der Waals surface area contributed by atoms with Crippen LogP contribution in [-0.2, 0) is 17.8 Å². The van der Waals surface area contributed by atoms with Crippen molar-refractivity contribution < 1.29 is 9.59 Å². The van der Waals surface area contributed by atoms with Gasteiger partial charge in [0.1, 0.15) is 0 Å². The molecular formula is C27H36N4O2. The first-order valence-electron chi connectivity index (χ1n) is 12.1. The summed E-state index contributed by atoms with van der Waals surface area (Å²) in [4.78, 5) is 31.6. The number of amides is 3. The zero-order valence-electron chi connectivity index (χ0n) is 19.9. The fourth-order valence-electron chi connectivity index (χ4n) is 4.73. The van der Waals surface area contributed by atoms with Crippen molar-refractivity contribution in [3.05, 3.63) is 70.8 Å². The fraction of sp³-hybridized carbons (Fsp3) is 0.481. The van der Waals surface area contributed by atoms with Crippen LogP contribution in [0.15, 0.2) is 48.5 Å². The topological polar surface area (TPSA) is 55.9 Å². The van der Waals surface area contributed by atoms with Crippen LogP contribution in [0.2, 0.25) is 0 Å². The van der Waals surface area contributed by atoms with Gasteiger partial charge in [0.2, 0.25) is 5.91 Å². The maximum atomic E-state index is 13.4. The Morgan fingerprint density at radius 1 is 0.909 bits per heavy atom. The fourth-order valence-corrected chi connectivity index (χ4v) is 4.73. The Kier molecular flexibility index (Phi) is 7.65. The Morgan fingerprint density at radius 2 is 1.52 bits per heavy atom. The van der Waals surface area contributed by atoms with E-state index in [4.69, 9.17) is 0 Å². The summed E-state index contributed by atoms with van der Waals surface area (Å²) in [7, 11) is 0. The second-order valence-corrected chi connectivity index (χ2v) is 9.46. The van der Waals surface area contributed by atoms with Crippen molar-refractivity contribution in [1.29, 1.82) is 0 Å². The normalized spacial score (nSPS) is 17.3. The number of aryl methyl sites for hydroxylation is 2. The molecule has 0 aliphatic carbocycles. The van der Waals surface area contributed by atoms with E-state index in [-0.39, 0.29) is 18.0 Å². The molecule has 2 aromatic rings. The zero-order valence-corrected chi connectivity index (χ0v) is 19.9. The van der Waals surface area contributed by atoms with E-state index in [0.717, 1.165) is 57.7 Å². The molecule has 0 spiro atoms. The van der Waals surface area contributed by atoms with Gasteiger partial charge in [-0.2, -0.15) is 0 Å². The second kappa shape index (κ2) is 10.8. The molecule has 2 aromatic carbocycles. The maximum absolute atomic E-state index is 13.4. The van der Waals surface area contributed by atoms with Crippen LogP contribution in [0.1, 0.15) is 35.1 Å². The Hall–Kier alpha value is -2.86. The summed E-state index contributed by atoms with van der Waals surface area (Å²) in [5.74, 6) is 0.201. The minimum atomic E-state index is 0.0517. The van der Waals surface area contributed by atoms with Crippen molar-refractivity contribution in [3.63, 3.8) is 0 Å². The quantitative estimate of drug-likeness (QED) is 0.674. The lowest BCUT2D eigenvalue weighted by molar-refractivity contribution is -0.134. The third kappa shape index (κ3) is 6.35. The lowest BCUT2D eigenvalue weighted by atomic mass is 10.00. The van der Waals surface area contributed by atoms with E-state index in [2.05, 4.69) is 77.5 Å². The van der Waals surface area contributed by atoms with Gasteiger partial charge < -0.3 is 20.0 Å². The minimum Gasteiger partial charge on any atom is -0.336 e. The van der Waals surface area contributed by atoms with Gasteiger partial charge in [0.25, 0.3) is 0 Å². The van der Waals surface area contributed by atoms with Crippen LogP contribution in [-0.4, -0.2) is 71.9 Å². The molecule has 1 N–H and O–H groups in total. The number of nitrogens with zero attached hydrogens (tertiary/aromatic N) is 3. The third-order valence-corrected chi connectivity index (χ3v) is 6.90. The molecule has 3 amide bonds. The Balaban J connectivity index is 1.38. The van der Waals surface area contributed by atoms with E-state index in [1.165, 1.54) is 16.7 Å². The number of nitrogens with one attached hydrogen (secondary N) is 1. The van der Waals surface area contributed by atoms with E-state index >= 15 is 0 Å². The van der Waals surface area contributed by atoms with Gasteiger partial charge in [-0.15, -0.1) is 0 Å². The number of benzene rings is 2. The van der Waals surface area contributed by atoms with Gasteiger partial charge in [-0.3, -0.25) is 4.79 Å². The van der Waals surface area contributed by atoms with E-state index < -0.39 is 0 Å². The molecule has 0 saturated carbocycles. The average molecular weight is 449 g/mol. The smallest absolute Gasteiger partial charge is 0.317 e. The first-order chi connectivity index (χ1) is 16.0. The van der Waals surface area contributed by atoms with Gasteiger partial charge in [-0.05, 0) is 37.8 Å². The number of carbonyl (C=O) groups is 2. The predicted octanol–water partition coefficient (Wildman–Crippen LogP) is 3.36.